The zero-order chi connectivity index (χ0) is 19.6. The maximum atomic E-state index is 12.7. The summed E-state index contributed by atoms with van der Waals surface area (Å²) in [5.41, 5.74) is -1.01. The van der Waals surface area contributed by atoms with Gasteiger partial charge in [0.2, 0.25) is 0 Å². The summed E-state index contributed by atoms with van der Waals surface area (Å²) in [6, 6.07) is 1.65. The van der Waals surface area contributed by atoms with Crippen LogP contribution in [0.25, 0.3) is 0 Å². The van der Waals surface area contributed by atoms with Gasteiger partial charge in [-0.3, -0.25) is 4.79 Å². The largest absolute Gasteiger partial charge is 0.395 e. The lowest BCUT2D eigenvalue weighted by molar-refractivity contribution is -0.125. The third kappa shape index (κ3) is 4.92. The molecule has 26 heavy (non-hydrogen) atoms. The van der Waals surface area contributed by atoms with Crippen LogP contribution >= 0.6 is 0 Å². The van der Waals surface area contributed by atoms with Crippen molar-refractivity contribution in [3.8, 4) is 0 Å². The highest BCUT2D eigenvalue weighted by Crippen LogP contribution is 2.28. The standard InChI is InChI=1S/C18H29NO6S/c1-17(2,11-20)15-9-13(25-19-15)10-16(21)18(3,4)12-26(22,23)14-5-7-24-8-6-14/h9,14,20H,5-8,10-12H2,1-4H3. The molecule has 0 saturated carbocycles. The van der Waals surface area contributed by atoms with E-state index in [1.165, 1.54) is 0 Å². The minimum Gasteiger partial charge on any atom is -0.395 e. The summed E-state index contributed by atoms with van der Waals surface area (Å²) in [6.07, 6.45) is 0.938. The van der Waals surface area contributed by atoms with Gasteiger partial charge in [0.15, 0.2) is 9.84 Å². The number of carbonyl (C=O) groups excluding carboxylic acids is 1. The molecular formula is C18H29NO6S. The Morgan fingerprint density at radius 3 is 2.46 bits per heavy atom. The van der Waals surface area contributed by atoms with E-state index in [9.17, 15) is 18.3 Å². The second-order valence-electron chi connectivity index (χ2n) is 8.32. The Morgan fingerprint density at radius 2 is 1.88 bits per heavy atom. The number of aromatic nitrogens is 1. The molecule has 0 aliphatic carbocycles. The molecule has 0 spiro atoms. The molecule has 0 bridgehead atoms. The number of hydrogen-bond donors (Lipinski definition) is 1. The molecule has 0 unspecified atom stereocenters. The Kier molecular flexibility index (Phi) is 6.30. The normalized spacial score (nSPS) is 17.4. The molecule has 1 fully saturated rings. The molecule has 148 valence electrons. The smallest absolute Gasteiger partial charge is 0.154 e. The monoisotopic (exact) mass is 387 g/mol. The molecule has 1 aromatic rings. The topological polar surface area (TPSA) is 107 Å². The Morgan fingerprint density at radius 1 is 1.27 bits per heavy atom. The number of rotatable bonds is 8. The second kappa shape index (κ2) is 7.78. The molecule has 2 rings (SSSR count). The van der Waals surface area contributed by atoms with Gasteiger partial charge in [-0.2, -0.15) is 0 Å². The first-order valence-electron chi connectivity index (χ1n) is 8.87. The number of hydrogen-bond acceptors (Lipinski definition) is 7. The molecule has 0 aromatic carbocycles. The first-order valence-corrected chi connectivity index (χ1v) is 10.6. The van der Waals surface area contributed by atoms with Crippen LogP contribution in [0.3, 0.4) is 0 Å². The molecule has 1 aliphatic rings. The van der Waals surface area contributed by atoms with Crippen LogP contribution in [0.4, 0.5) is 0 Å². The number of aliphatic hydroxyl groups excluding tert-OH is 1. The number of sulfone groups is 1. The van der Waals surface area contributed by atoms with Crippen LogP contribution in [-0.4, -0.2) is 55.3 Å². The van der Waals surface area contributed by atoms with E-state index in [1.807, 2.05) is 13.8 Å². The zero-order valence-electron chi connectivity index (χ0n) is 15.9. The summed E-state index contributed by atoms with van der Waals surface area (Å²) in [6.45, 7) is 7.74. The molecule has 1 N–H and O–H groups in total. The minimum atomic E-state index is -3.38. The van der Waals surface area contributed by atoms with Crippen molar-refractivity contribution in [3.05, 3.63) is 17.5 Å². The lowest BCUT2D eigenvalue weighted by Gasteiger charge is -2.28. The number of ether oxygens (including phenoxy) is 1. The third-order valence-corrected chi connectivity index (χ3v) is 7.59. The van der Waals surface area contributed by atoms with Crippen molar-refractivity contribution in [2.75, 3.05) is 25.6 Å². The van der Waals surface area contributed by atoms with Crippen LogP contribution in [0.2, 0.25) is 0 Å². The number of aliphatic hydroxyl groups is 1. The van der Waals surface area contributed by atoms with Crippen molar-refractivity contribution in [2.24, 2.45) is 5.41 Å². The van der Waals surface area contributed by atoms with Crippen molar-refractivity contribution in [3.63, 3.8) is 0 Å². The third-order valence-electron chi connectivity index (χ3n) is 4.98. The van der Waals surface area contributed by atoms with Crippen LogP contribution in [0, 0.1) is 5.41 Å². The van der Waals surface area contributed by atoms with E-state index in [-0.39, 0.29) is 24.6 Å². The minimum absolute atomic E-state index is 0.0230. The molecule has 1 saturated heterocycles. The highest BCUT2D eigenvalue weighted by molar-refractivity contribution is 7.92. The SMILES string of the molecule is CC(C)(CS(=O)(=O)C1CCOCC1)C(=O)Cc1cc(C(C)(C)CO)no1. The predicted octanol–water partition coefficient (Wildman–Crippen LogP) is 1.68. The summed E-state index contributed by atoms with van der Waals surface area (Å²) in [4.78, 5) is 12.7. The Balaban J connectivity index is 2.05. The Hall–Kier alpha value is -1.25. The van der Waals surface area contributed by atoms with E-state index < -0.39 is 25.9 Å². The molecule has 7 nitrogen and oxygen atoms in total. The van der Waals surface area contributed by atoms with E-state index in [0.29, 0.717) is 37.5 Å². The summed E-state index contributed by atoms with van der Waals surface area (Å²) < 4.78 is 35.8. The van der Waals surface area contributed by atoms with E-state index >= 15 is 0 Å². The van der Waals surface area contributed by atoms with Crippen molar-refractivity contribution in [1.29, 1.82) is 0 Å². The van der Waals surface area contributed by atoms with Gasteiger partial charge in [-0.1, -0.05) is 32.9 Å². The zero-order valence-corrected chi connectivity index (χ0v) is 16.8. The van der Waals surface area contributed by atoms with E-state index in [4.69, 9.17) is 9.26 Å². The van der Waals surface area contributed by atoms with E-state index in [1.54, 1.807) is 19.9 Å². The van der Waals surface area contributed by atoms with Gasteiger partial charge in [0.25, 0.3) is 0 Å². The van der Waals surface area contributed by atoms with Gasteiger partial charge < -0.3 is 14.4 Å². The first kappa shape index (κ1) is 21.1. The van der Waals surface area contributed by atoms with Gasteiger partial charge >= 0.3 is 0 Å². The lowest BCUT2D eigenvalue weighted by Crippen LogP contribution is -2.39. The average Bonchev–Trinajstić information content (AvgIpc) is 3.04. The number of ketones is 1. The maximum absolute atomic E-state index is 12.7. The number of Topliss-reactive ketones (excluding diaryl/α,β-unsaturated/α-hetero) is 1. The summed E-state index contributed by atoms with van der Waals surface area (Å²) in [5, 5.41) is 12.9. The van der Waals surface area contributed by atoms with E-state index in [2.05, 4.69) is 5.16 Å². The van der Waals surface area contributed by atoms with E-state index in [0.717, 1.165) is 0 Å². The quantitative estimate of drug-likeness (QED) is 0.723. The van der Waals surface area contributed by atoms with Crippen LogP contribution in [0.1, 0.15) is 52.0 Å². The van der Waals surface area contributed by atoms with Crippen molar-refractivity contribution < 1.29 is 27.6 Å². The highest BCUT2D eigenvalue weighted by Gasteiger charge is 2.38. The summed E-state index contributed by atoms with van der Waals surface area (Å²) in [7, 11) is -3.38. The molecular weight excluding hydrogens is 358 g/mol. The molecule has 2 heterocycles. The fraction of sp³-hybridized carbons (Fsp3) is 0.778. The van der Waals surface area contributed by atoms with Gasteiger partial charge in [-0.05, 0) is 12.8 Å². The molecule has 0 radical (unpaired) electrons. The van der Waals surface area contributed by atoms with Crippen molar-refractivity contribution >= 4 is 15.6 Å². The molecule has 8 heteroatoms. The van der Waals surface area contributed by atoms with Crippen LogP contribution in [-0.2, 0) is 31.2 Å². The van der Waals surface area contributed by atoms with Gasteiger partial charge in [0.1, 0.15) is 11.5 Å². The summed E-state index contributed by atoms with van der Waals surface area (Å²) >= 11 is 0. The number of carbonyl (C=O) groups is 1. The van der Waals surface area contributed by atoms with Crippen molar-refractivity contribution in [1.82, 2.24) is 5.16 Å². The molecule has 0 atom stereocenters. The van der Waals surface area contributed by atoms with Crippen LogP contribution in [0.15, 0.2) is 10.6 Å². The van der Waals surface area contributed by atoms with Gasteiger partial charge in [0.05, 0.1) is 29.7 Å². The highest BCUT2D eigenvalue weighted by atomic mass is 32.2. The first-order chi connectivity index (χ1) is 12.0. The molecule has 1 aliphatic heterocycles. The lowest BCUT2D eigenvalue weighted by atomic mass is 9.87. The molecule has 1 aromatic heterocycles. The van der Waals surface area contributed by atoms with Crippen LogP contribution in [0.5, 0.6) is 0 Å². The number of nitrogens with zero attached hydrogens (tertiary/aromatic N) is 1. The fourth-order valence-electron chi connectivity index (χ4n) is 2.93. The Labute approximate surface area is 155 Å². The van der Waals surface area contributed by atoms with Crippen molar-refractivity contribution in [2.45, 2.75) is 57.6 Å². The van der Waals surface area contributed by atoms with Gasteiger partial charge in [-0.15, -0.1) is 0 Å². The van der Waals surface area contributed by atoms with Gasteiger partial charge in [0, 0.05) is 30.1 Å². The van der Waals surface area contributed by atoms with Gasteiger partial charge in [-0.25, -0.2) is 8.42 Å². The molecule has 0 amide bonds. The second-order valence-corrected chi connectivity index (χ2v) is 10.6. The Bertz CT molecular complexity index is 729. The average molecular weight is 387 g/mol. The van der Waals surface area contributed by atoms with Crippen LogP contribution < -0.4 is 0 Å². The summed E-state index contributed by atoms with van der Waals surface area (Å²) in [5.74, 6) is -0.0206. The predicted molar refractivity (Wildman–Crippen MR) is 96.7 cm³/mol. The maximum Gasteiger partial charge on any atom is 0.154 e. The fourth-order valence-corrected chi connectivity index (χ4v) is 5.24.